The summed E-state index contributed by atoms with van der Waals surface area (Å²) in [5.74, 6) is 0. The Morgan fingerprint density at radius 3 is 1.88 bits per heavy atom. The number of allylic oxidation sites excluding steroid dienone is 8. The van der Waals surface area contributed by atoms with Gasteiger partial charge in [-0.2, -0.15) is 6.21 Å². The maximum atomic E-state index is 8.93. The molecule has 0 radical (unpaired) electrons. The van der Waals surface area contributed by atoms with Gasteiger partial charge in [0, 0.05) is 0 Å². The molecule has 0 bridgehead atoms. The van der Waals surface area contributed by atoms with Crippen LogP contribution >= 0.6 is 0 Å². The average molecular weight is 255 g/mol. The van der Waals surface area contributed by atoms with E-state index < -0.39 is 0 Å². The molecular formula is C15H22KN. The van der Waals surface area contributed by atoms with E-state index in [0.717, 1.165) is 22.9 Å². The first-order chi connectivity index (χ1) is 7.65. The van der Waals surface area contributed by atoms with E-state index >= 15 is 0 Å². The maximum Gasteiger partial charge on any atom is 1.00 e. The Morgan fingerprint density at radius 2 is 1.53 bits per heavy atom. The minimum Gasteiger partial charge on any atom is -0.810 e. The van der Waals surface area contributed by atoms with E-state index in [2.05, 4.69) is 13.2 Å². The Hall–Kier alpha value is 0.00636. The van der Waals surface area contributed by atoms with Crippen molar-refractivity contribution in [2.24, 2.45) is 0 Å². The van der Waals surface area contributed by atoms with E-state index in [4.69, 9.17) is 5.41 Å². The zero-order valence-corrected chi connectivity index (χ0v) is 14.9. The Morgan fingerprint density at radius 1 is 1.00 bits per heavy atom. The first-order valence-corrected chi connectivity index (χ1v) is 5.43. The molecule has 0 fully saturated rings. The quantitative estimate of drug-likeness (QED) is 0.406. The third-order valence-corrected chi connectivity index (χ3v) is 1.81. The van der Waals surface area contributed by atoms with Crippen molar-refractivity contribution in [3.05, 3.63) is 65.7 Å². The van der Waals surface area contributed by atoms with Gasteiger partial charge in [-0.05, 0) is 25.0 Å². The summed E-state index contributed by atoms with van der Waals surface area (Å²) in [7, 11) is 0. The maximum absolute atomic E-state index is 8.93. The molecule has 0 atom stereocenters. The van der Waals surface area contributed by atoms with Gasteiger partial charge in [0.25, 0.3) is 0 Å². The van der Waals surface area contributed by atoms with Crippen molar-refractivity contribution in [2.75, 3.05) is 0 Å². The normalized spacial score (nSPS) is 11.6. The Kier molecular flexibility index (Phi) is 20.9. The molecule has 0 rings (SSSR count). The number of hydrogen-bond acceptors (Lipinski definition) is 0. The topological polar surface area (TPSA) is 22.3 Å². The molecule has 0 aromatic heterocycles. The van der Waals surface area contributed by atoms with Crippen molar-refractivity contribution in [2.45, 2.75) is 27.7 Å². The third-order valence-electron chi connectivity index (χ3n) is 1.81. The van der Waals surface area contributed by atoms with Gasteiger partial charge in [-0.1, -0.05) is 63.0 Å². The molecule has 0 heterocycles. The molecule has 0 spiro atoms. The van der Waals surface area contributed by atoms with Crippen molar-refractivity contribution in [1.29, 1.82) is 0 Å². The molecule has 0 unspecified atom stereocenters. The van der Waals surface area contributed by atoms with E-state index in [1.54, 1.807) is 18.2 Å². The SMILES string of the molecule is C=C/C=C(C=[N-])/C(C)=C/C=C(/C)C=C.CC.[K+]. The first-order valence-electron chi connectivity index (χ1n) is 5.43. The van der Waals surface area contributed by atoms with Crippen LogP contribution in [0.5, 0.6) is 0 Å². The van der Waals surface area contributed by atoms with Gasteiger partial charge in [0.2, 0.25) is 0 Å². The molecule has 0 saturated heterocycles. The van der Waals surface area contributed by atoms with Crippen LogP contribution in [0.1, 0.15) is 27.7 Å². The Balaban J connectivity index is -0.000000616. The van der Waals surface area contributed by atoms with Crippen LogP contribution in [0.3, 0.4) is 0 Å². The van der Waals surface area contributed by atoms with Crippen molar-refractivity contribution < 1.29 is 51.4 Å². The minimum atomic E-state index is 0. The van der Waals surface area contributed by atoms with E-state index in [0.29, 0.717) is 0 Å². The van der Waals surface area contributed by atoms with Crippen LogP contribution in [0.25, 0.3) is 5.41 Å². The number of nitrogens with zero attached hydrogens (tertiary/aromatic N) is 1. The predicted molar refractivity (Wildman–Crippen MR) is 76.8 cm³/mol. The van der Waals surface area contributed by atoms with Crippen LogP contribution in [0, 0.1) is 0 Å². The number of hydrogen-bond donors (Lipinski definition) is 0. The van der Waals surface area contributed by atoms with Gasteiger partial charge in [-0.3, -0.25) is 0 Å². The zero-order valence-electron chi connectivity index (χ0n) is 11.8. The fraction of sp³-hybridized carbons (Fsp3) is 0.267. The number of rotatable bonds is 5. The second kappa shape index (κ2) is 16.0. The fourth-order valence-electron chi connectivity index (χ4n) is 0.824. The molecule has 0 aliphatic carbocycles. The molecule has 0 N–H and O–H groups in total. The summed E-state index contributed by atoms with van der Waals surface area (Å²) in [5, 5.41) is 8.93. The molecule has 0 aromatic rings. The third kappa shape index (κ3) is 12.3. The predicted octanol–water partition coefficient (Wildman–Crippen LogP) is 1.85. The minimum absolute atomic E-state index is 0. The smallest absolute Gasteiger partial charge is 0.810 e. The van der Waals surface area contributed by atoms with Gasteiger partial charge < -0.3 is 5.41 Å². The van der Waals surface area contributed by atoms with Crippen LogP contribution < -0.4 is 51.4 Å². The van der Waals surface area contributed by atoms with Crippen LogP contribution in [0.15, 0.2) is 60.3 Å². The molecule has 1 nitrogen and oxygen atoms in total. The zero-order chi connectivity index (χ0) is 13.0. The first kappa shape index (κ1) is 22.2. The van der Waals surface area contributed by atoms with E-state index in [-0.39, 0.29) is 51.4 Å². The van der Waals surface area contributed by atoms with Crippen LogP contribution in [-0.4, -0.2) is 6.21 Å². The van der Waals surface area contributed by atoms with Crippen LogP contribution in [-0.2, 0) is 0 Å². The van der Waals surface area contributed by atoms with Crippen molar-refractivity contribution >= 4 is 6.21 Å². The van der Waals surface area contributed by atoms with E-state index in [1.165, 1.54) is 0 Å². The van der Waals surface area contributed by atoms with Gasteiger partial charge in [-0.15, -0.1) is 0 Å². The molecule has 17 heavy (non-hydrogen) atoms. The van der Waals surface area contributed by atoms with Gasteiger partial charge in [0.15, 0.2) is 0 Å². The summed E-state index contributed by atoms with van der Waals surface area (Å²) in [6.45, 7) is 15.1. The molecule has 0 saturated carbocycles. The molecule has 88 valence electrons. The van der Waals surface area contributed by atoms with E-state index in [1.807, 2.05) is 39.8 Å². The van der Waals surface area contributed by atoms with Gasteiger partial charge in [0.05, 0.1) is 0 Å². The largest absolute Gasteiger partial charge is 1.00 e. The monoisotopic (exact) mass is 255 g/mol. The summed E-state index contributed by atoms with van der Waals surface area (Å²) < 4.78 is 0. The van der Waals surface area contributed by atoms with Gasteiger partial charge in [0.1, 0.15) is 0 Å². The summed E-state index contributed by atoms with van der Waals surface area (Å²) in [4.78, 5) is 0. The van der Waals surface area contributed by atoms with E-state index in [9.17, 15) is 0 Å². The van der Waals surface area contributed by atoms with Gasteiger partial charge in [-0.25, -0.2) is 0 Å². The van der Waals surface area contributed by atoms with Crippen LogP contribution in [0.2, 0.25) is 0 Å². The second-order valence-electron chi connectivity index (χ2n) is 2.95. The van der Waals surface area contributed by atoms with Crippen molar-refractivity contribution in [3.63, 3.8) is 0 Å². The molecular weight excluding hydrogens is 233 g/mol. The summed E-state index contributed by atoms with van der Waals surface area (Å²) in [6.07, 6.45) is 10.1. The van der Waals surface area contributed by atoms with Crippen LogP contribution in [0.4, 0.5) is 0 Å². The molecule has 0 aromatic carbocycles. The van der Waals surface area contributed by atoms with Gasteiger partial charge >= 0.3 is 51.4 Å². The standard InChI is InChI=1S/C13H16N.C2H6.K/c1-5-7-13(10-14)12(4)9-8-11(3)6-2;1-2;/h5-10H,1-2H2,3-4H3;1-2H3;/q-1;;+1/b11-8-,12-9+,13-7+;;. The average Bonchev–Trinajstić information content (AvgIpc) is 2.34. The summed E-state index contributed by atoms with van der Waals surface area (Å²) in [5.41, 5.74) is 2.82. The summed E-state index contributed by atoms with van der Waals surface area (Å²) >= 11 is 0. The molecule has 2 heteroatoms. The Bertz CT molecular complexity index is 320. The fourth-order valence-corrected chi connectivity index (χ4v) is 0.824. The Labute approximate surface area is 149 Å². The molecule has 0 aliphatic heterocycles. The molecule has 0 amide bonds. The van der Waals surface area contributed by atoms with Crippen molar-refractivity contribution in [3.8, 4) is 0 Å². The molecule has 0 aliphatic rings. The van der Waals surface area contributed by atoms with Crippen molar-refractivity contribution in [1.82, 2.24) is 0 Å². The second-order valence-corrected chi connectivity index (χ2v) is 2.95. The summed E-state index contributed by atoms with van der Waals surface area (Å²) in [6, 6.07) is 0.